The number of aromatic nitrogens is 2. The molecule has 4 aromatic rings. The number of Topliss-reactive ketones (excluding diaryl/α,β-unsaturated/α-hetero) is 2. The molecule has 0 radical (unpaired) electrons. The lowest BCUT2D eigenvalue weighted by molar-refractivity contribution is -0.124. The molecule has 2 atom stereocenters. The van der Waals surface area contributed by atoms with E-state index < -0.39 is 0 Å². The molecule has 2 saturated heterocycles. The molecule has 11 nitrogen and oxygen atoms in total. The third-order valence-corrected chi connectivity index (χ3v) is 10.5. The lowest BCUT2D eigenvalue weighted by atomic mass is 9.89. The standard InChI is InChI=1S/C25H30N2O4.C18H21N3O2.CH4.H2S/c1-18(28)4-2-5-22(29)20-11-14-27(15-12-20)16-19-7-9-21(10-8-19)24-17-30-23-6-3-13-26-25(23)31-24;1-2-16-18(20-7-1)23-17(13-22-16)15-5-3-14(4-6-15)12-21-10-8-19-9-11-21;;/h3,6-10,13,20,24H,2,4-5,11-12,14-17H2,1H3;1-7,17,19H,8-13H2;1H4;1H2/t24-;17-;;/m11../s1. The van der Waals surface area contributed by atoms with Crippen molar-refractivity contribution >= 4 is 25.1 Å². The Labute approximate surface area is 338 Å². The summed E-state index contributed by atoms with van der Waals surface area (Å²) < 4.78 is 23.4. The normalized spacial score (nSPS) is 19.3. The maximum Gasteiger partial charge on any atom is 0.257 e. The molecule has 1 N–H and O–H groups in total. The molecule has 4 aliphatic rings. The zero-order valence-corrected chi connectivity index (χ0v) is 32.7. The number of likely N-dealkylation sites (tertiary alicyclic amines) is 1. The van der Waals surface area contributed by atoms with E-state index in [0.717, 1.165) is 82.1 Å². The summed E-state index contributed by atoms with van der Waals surface area (Å²) in [6.07, 6.45) is 6.76. The Kier molecular flexibility index (Phi) is 16.1. The Bertz CT molecular complexity index is 1830. The van der Waals surface area contributed by atoms with Crippen LogP contribution < -0.4 is 24.3 Å². The van der Waals surface area contributed by atoms with Gasteiger partial charge < -0.3 is 29.1 Å². The number of nitrogens with zero attached hydrogens (tertiary/aromatic N) is 4. The number of ketones is 2. The Morgan fingerprint density at radius 2 is 1.18 bits per heavy atom. The van der Waals surface area contributed by atoms with Gasteiger partial charge in [-0.3, -0.25) is 14.6 Å². The molecule has 2 aromatic carbocycles. The molecule has 2 fully saturated rings. The maximum absolute atomic E-state index is 12.4. The van der Waals surface area contributed by atoms with Gasteiger partial charge in [-0.2, -0.15) is 13.5 Å². The highest BCUT2D eigenvalue weighted by Crippen LogP contribution is 2.35. The van der Waals surface area contributed by atoms with Gasteiger partial charge in [-0.05, 0) is 85.8 Å². The fraction of sp³-hybridized carbons (Fsp3) is 0.455. The molecule has 0 saturated carbocycles. The van der Waals surface area contributed by atoms with Crippen LogP contribution in [0.5, 0.6) is 23.3 Å². The highest BCUT2D eigenvalue weighted by molar-refractivity contribution is 7.59. The van der Waals surface area contributed by atoms with E-state index in [9.17, 15) is 9.59 Å². The number of carbonyl (C=O) groups is 2. The zero-order chi connectivity index (χ0) is 37.1. The second-order valence-electron chi connectivity index (χ2n) is 14.5. The van der Waals surface area contributed by atoms with Crippen LogP contribution in [0.25, 0.3) is 0 Å². The molecule has 0 bridgehead atoms. The van der Waals surface area contributed by atoms with Crippen LogP contribution in [0, 0.1) is 5.92 Å². The molecular weight excluding hydrogens is 727 g/mol. The first-order valence-electron chi connectivity index (χ1n) is 19.3. The summed E-state index contributed by atoms with van der Waals surface area (Å²) >= 11 is 0. The number of carbonyl (C=O) groups excluding carboxylic acids is 2. The number of piperidine rings is 1. The first kappa shape index (κ1) is 42.6. The minimum atomic E-state index is -0.152. The van der Waals surface area contributed by atoms with E-state index in [1.165, 1.54) is 11.1 Å². The van der Waals surface area contributed by atoms with Crippen molar-refractivity contribution in [2.24, 2.45) is 5.92 Å². The molecule has 300 valence electrons. The molecule has 56 heavy (non-hydrogen) atoms. The lowest BCUT2D eigenvalue weighted by Gasteiger charge is -2.31. The maximum atomic E-state index is 12.4. The molecule has 6 heterocycles. The smallest absolute Gasteiger partial charge is 0.257 e. The molecule has 4 aliphatic heterocycles. The second-order valence-corrected chi connectivity index (χ2v) is 14.5. The summed E-state index contributed by atoms with van der Waals surface area (Å²) in [6.45, 7) is 10.7. The van der Waals surface area contributed by atoms with Crippen molar-refractivity contribution in [3.63, 3.8) is 0 Å². The van der Waals surface area contributed by atoms with Crippen molar-refractivity contribution < 1.29 is 28.5 Å². The van der Waals surface area contributed by atoms with Crippen LogP contribution in [0.15, 0.2) is 85.2 Å². The van der Waals surface area contributed by atoms with Crippen LogP contribution in [0.3, 0.4) is 0 Å². The van der Waals surface area contributed by atoms with Gasteiger partial charge >= 0.3 is 0 Å². The van der Waals surface area contributed by atoms with E-state index in [0.29, 0.717) is 55.8 Å². The van der Waals surface area contributed by atoms with Gasteiger partial charge in [0.15, 0.2) is 23.7 Å². The Morgan fingerprint density at radius 1 is 0.696 bits per heavy atom. The zero-order valence-electron chi connectivity index (χ0n) is 31.7. The molecule has 0 spiro atoms. The summed E-state index contributed by atoms with van der Waals surface area (Å²) in [7, 11) is 0. The first-order valence-corrected chi connectivity index (χ1v) is 19.3. The summed E-state index contributed by atoms with van der Waals surface area (Å²) in [4.78, 5) is 36.8. The number of benzene rings is 2. The van der Waals surface area contributed by atoms with E-state index in [1.54, 1.807) is 19.3 Å². The van der Waals surface area contributed by atoms with Gasteiger partial charge in [-0.25, -0.2) is 9.97 Å². The van der Waals surface area contributed by atoms with Gasteiger partial charge in [-0.1, -0.05) is 56.0 Å². The molecule has 0 unspecified atom stereocenters. The van der Waals surface area contributed by atoms with Gasteiger partial charge in [0.05, 0.1) is 0 Å². The topological polar surface area (TPSA) is 115 Å². The summed E-state index contributed by atoms with van der Waals surface area (Å²) in [5.41, 5.74) is 4.80. The van der Waals surface area contributed by atoms with E-state index in [4.69, 9.17) is 18.9 Å². The van der Waals surface area contributed by atoms with Gasteiger partial charge in [0.2, 0.25) is 0 Å². The SMILES string of the molecule is C.CC(=O)CCCC(=O)C1CCN(Cc2ccc([C@H]3COc4cccnc4O3)cc2)CC1.S.c1cnc2c(c1)OC[C@H](c1ccc(CN3CCNCC3)cc1)O2. The van der Waals surface area contributed by atoms with Gasteiger partial charge in [0.1, 0.15) is 24.8 Å². The average Bonchev–Trinajstić information content (AvgIpc) is 3.22. The van der Waals surface area contributed by atoms with Gasteiger partial charge in [0.25, 0.3) is 11.8 Å². The molecule has 8 rings (SSSR count). The van der Waals surface area contributed by atoms with Crippen molar-refractivity contribution in [1.29, 1.82) is 0 Å². The minimum Gasteiger partial charge on any atom is -0.484 e. The van der Waals surface area contributed by atoms with Crippen molar-refractivity contribution in [3.8, 4) is 23.3 Å². The van der Waals surface area contributed by atoms with Crippen LogP contribution in [0.1, 0.15) is 80.9 Å². The number of hydrogen-bond acceptors (Lipinski definition) is 11. The van der Waals surface area contributed by atoms with Gasteiger partial charge in [0, 0.05) is 70.4 Å². The summed E-state index contributed by atoms with van der Waals surface area (Å²) in [5.74, 6) is 3.18. The second kappa shape index (κ2) is 21.2. The Balaban J connectivity index is 0.000000215. The quantitative estimate of drug-likeness (QED) is 0.172. The van der Waals surface area contributed by atoms with Crippen LogP contribution in [0.2, 0.25) is 0 Å². The highest BCUT2D eigenvalue weighted by atomic mass is 32.1. The van der Waals surface area contributed by atoms with Gasteiger partial charge in [-0.15, -0.1) is 0 Å². The van der Waals surface area contributed by atoms with Crippen LogP contribution in [-0.2, 0) is 22.7 Å². The minimum absolute atomic E-state index is 0. The van der Waals surface area contributed by atoms with Crippen LogP contribution in [0.4, 0.5) is 0 Å². The monoisotopic (exact) mass is 783 g/mol. The number of pyridine rings is 2. The predicted molar refractivity (Wildman–Crippen MR) is 222 cm³/mol. The average molecular weight is 784 g/mol. The van der Waals surface area contributed by atoms with E-state index >= 15 is 0 Å². The fourth-order valence-electron chi connectivity index (χ4n) is 7.34. The molecule has 12 heteroatoms. The Hall–Kier alpha value is -4.49. The predicted octanol–water partition coefficient (Wildman–Crippen LogP) is 6.88. The number of ether oxygens (including phenoxy) is 4. The Morgan fingerprint density at radius 3 is 1.66 bits per heavy atom. The third-order valence-electron chi connectivity index (χ3n) is 10.5. The molecule has 0 aliphatic carbocycles. The number of rotatable bonds is 11. The summed E-state index contributed by atoms with van der Waals surface area (Å²) in [5, 5.41) is 3.38. The number of piperazine rings is 1. The third kappa shape index (κ3) is 11.8. The van der Waals surface area contributed by atoms with Crippen LogP contribution >= 0.6 is 13.5 Å². The summed E-state index contributed by atoms with van der Waals surface area (Å²) in [6, 6.07) is 24.6. The number of nitrogens with one attached hydrogen (secondary N) is 1. The fourth-order valence-corrected chi connectivity index (χ4v) is 7.34. The number of fused-ring (bicyclic) bond motifs is 2. The van der Waals surface area contributed by atoms with Crippen molar-refractivity contribution in [3.05, 3.63) is 107 Å². The molecule has 2 aromatic heterocycles. The van der Waals surface area contributed by atoms with E-state index in [2.05, 4.69) is 73.6 Å². The highest BCUT2D eigenvalue weighted by Gasteiger charge is 2.26. The largest absolute Gasteiger partial charge is 0.484 e. The lowest BCUT2D eigenvalue weighted by Crippen LogP contribution is -2.42. The van der Waals surface area contributed by atoms with Crippen molar-refractivity contribution in [2.45, 2.75) is 71.8 Å². The van der Waals surface area contributed by atoms with Crippen LogP contribution in [-0.4, -0.2) is 83.8 Å². The van der Waals surface area contributed by atoms with E-state index in [1.807, 2.05) is 24.3 Å². The van der Waals surface area contributed by atoms with Crippen molar-refractivity contribution in [2.75, 3.05) is 52.5 Å². The number of hydrogen-bond donors (Lipinski definition) is 1. The molecular formula is C44H57N5O6S. The first-order chi connectivity index (χ1) is 26.5. The van der Waals surface area contributed by atoms with E-state index in [-0.39, 0.29) is 44.8 Å². The van der Waals surface area contributed by atoms with Crippen molar-refractivity contribution in [1.82, 2.24) is 25.1 Å². The molecule has 0 amide bonds.